The van der Waals surface area contributed by atoms with Crippen LogP contribution in [0.1, 0.15) is 43.5 Å². The average molecular weight is 364 g/mol. The highest BCUT2D eigenvalue weighted by molar-refractivity contribution is 5.99. The first-order valence-electron chi connectivity index (χ1n) is 9.26. The summed E-state index contributed by atoms with van der Waals surface area (Å²) in [4.78, 5) is 20.4. The normalized spacial score (nSPS) is 11.5. The third-order valence-electron chi connectivity index (χ3n) is 4.52. The molecule has 6 heteroatoms. The lowest BCUT2D eigenvalue weighted by atomic mass is 9.94. The lowest BCUT2D eigenvalue weighted by Crippen LogP contribution is -2.04. The number of carboxylic acids is 1. The van der Waals surface area contributed by atoms with Crippen LogP contribution in [0, 0.1) is 6.92 Å². The molecule has 3 heterocycles. The van der Waals surface area contributed by atoms with Crippen molar-refractivity contribution in [3.63, 3.8) is 0 Å². The lowest BCUT2D eigenvalue weighted by Gasteiger charge is -2.14. The highest BCUT2D eigenvalue weighted by Crippen LogP contribution is 2.34. The number of aliphatic carboxylic acids is 1. The van der Waals surface area contributed by atoms with E-state index in [1.165, 1.54) is 6.08 Å². The van der Waals surface area contributed by atoms with E-state index >= 15 is 0 Å². The molecule has 0 unspecified atom stereocenters. The highest BCUT2D eigenvalue weighted by Gasteiger charge is 2.18. The summed E-state index contributed by atoms with van der Waals surface area (Å²) in [6.45, 7) is 6.88. The second kappa shape index (κ2) is 8.12. The molecule has 0 aromatic carbocycles. The maximum Gasteiger partial charge on any atom is 0.328 e. The first-order valence-corrected chi connectivity index (χ1v) is 9.26. The number of rotatable bonds is 7. The van der Waals surface area contributed by atoms with Crippen LogP contribution in [0.5, 0.6) is 0 Å². The fourth-order valence-electron chi connectivity index (χ4n) is 3.25. The molecule has 0 aliphatic heterocycles. The summed E-state index contributed by atoms with van der Waals surface area (Å²) < 4.78 is 1.88. The van der Waals surface area contributed by atoms with E-state index < -0.39 is 5.97 Å². The van der Waals surface area contributed by atoms with Gasteiger partial charge in [-0.2, -0.15) is 5.10 Å². The summed E-state index contributed by atoms with van der Waals surface area (Å²) in [7, 11) is 0. The van der Waals surface area contributed by atoms with Crippen LogP contribution in [0.2, 0.25) is 0 Å². The van der Waals surface area contributed by atoms with E-state index in [0.29, 0.717) is 0 Å². The van der Waals surface area contributed by atoms with Crippen molar-refractivity contribution < 1.29 is 9.90 Å². The molecule has 3 aromatic heterocycles. The van der Waals surface area contributed by atoms with Gasteiger partial charge in [0.1, 0.15) is 0 Å². The Morgan fingerprint density at radius 3 is 2.74 bits per heavy atom. The minimum Gasteiger partial charge on any atom is -0.478 e. The SMILES string of the molecule is CCCCc1nc2c(cnn2CC)c(-c2cncc(C)c2)c1C=CC(=O)O. The van der Waals surface area contributed by atoms with E-state index in [1.807, 2.05) is 37.1 Å². The predicted octanol–water partition coefficient (Wildman–Crippen LogP) is 4.26. The summed E-state index contributed by atoms with van der Waals surface area (Å²) in [6, 6.07) is 2.06. The second-order valence-electron chi connectivity index (χ2n) is 6.57. The molecule has 0 aliphatic carbocycles. The fourth-order valence-corrected chi connectivity index (χ4v) is 3.25. The van der Waals surface area contributed by atoms with E-state index in [-0.39, 0.29) is 0 Å². The zero-order valence-corrected chi connectivity index (χ0v) is 15.9. The number of pyridine rings is 2. The molecule has 0 saturated heterocycles. The van der Waals surface area contributed by atoms with Gasteiger partial charge in [0, 0.05) is 47.1 Å². The zero-order chi connectivity index (χ0) is 19.4. The molecule has 3 rings (SSSR count). The van der Waals surface area contributed by atoms with Gasteiger partial charge < -0.3 is 5.11 Å². The first kappa shape index (κ1) is 18.8. The molecule has 27 heavy (non-hydrogen) atoms. The molecular weight excluding hydrogens is 340 g/mol. The first-order chi connectivity index (χ1) is 13.0. The molecule has 3 aromatic rings. The monoisotopic (exact) mass is 364 g/mol. The maximum absolute atomic E-state index is 11.2. The van der Waals surface area contributed by atoms with Gasteiger partial charge in [-0.25, -0.2) is 14.5 Å². The van der Waals surface area contributed by atoms with E-state index in [2.05, 4.69) is 23.1 Å². The molecular formula is C21H24N4O2. The Bertz CT molecular complexity index is 1000. The molecule has 0 saturated carbocycles. The minimum absolute atomic E-state index is 0.722. The highest BCUT2D eigenvalue weighted by atomic mass is 16.4. The Morgan fingerprint density at radius 1 is 1.26 bits per heavy atom. The fraction of sp³-hybridized carbons (Fsp3) is 0.333. The maximum atomic E-state index is 11.2. The largest absolute Gasteiger partial charge is 0.478 e. The van der Waals surface area contributed by atoms with E-state index in [0.717, 1.165) is 64.8 Å². The van der Waals surface area contributed by atoms with Gasteiger partial charge in [0.25, 0.3) is 0 Å². The van der Waals surface area contributed by atoms with E-state index in [9.17, 15) is 4.79 Å². The average Bonchev–Trinajstić information content (AvgIpc) is 3.06. The number of hydrogen-bond acceptors (Lipinski definition) is 4. The topological polar surface area (TPSA) is 80.9 Å². The number of carboxylic acid groups (broad SMARTS) is 1. The summed E-state index contributed by atoms with van der Waals surface area (Å²) in [5.41, 5.74) is 5.49. The molecule has 0 radical (unpaired) electrons. The molecule has 1 N–H and O–H groups in total. The number of carbonyl (C=O) groups is 1. The van der Waals surface area contributed by atoms with Crippen molar-refractivity contribution in [1.29, 1.82) is 0 Å². The smallest absolute Gasteiger partial charge is 0.328 e. The van der Waals surface area contributed by atoms with Crippen LogP contribution in [0.3, 0.4) is 0 Å². The standard InChI is InChI=1S/C21H24N4O2/c1-4-6-7-18-16(8-9-19(26)27)20(15-10-14(3)11-22-12-15)17-13-23-25(5-2)21(17)24-18/h8-13H,4-7H2,1-3H3,(H,26,27). The Balaban J connectivity index is 2.37. The third kappa shape index (κ3) is 3.89. The molecule has 140 valence electrons. The van der Waals surface area contributed by atoms with Crippen molar-refractivity contribution in [3.8, 4) is 11.1 Å². The molecule has 0 spiro atoms. The molecule has 0 amide bonds. The number of aromatic nitrogens is 4. The number of fused-ring (bicyclic) bond motifs is 1. The summed E-state index contributed by atoms with van der Waals surface area (Å²) in [5, 5.41) is 14.6. The Hall–Kier alpha value is -3.02. The number of hydrogen-bond donors (Lipinski definition) is 1. The summed E-state index contributed by atoms with van der Waals surface area (Å²) in [5.74, 6) is -0.978. The number of unbranched alkanes of at least 4 members (excludes halogenated alkanes) is 1. The van der Waals surface area contributed by atoms with E-state index in [1.54, 1.807) is 6.08 Å². The van der Waals surface area contributed by atoms with Gasteiger partial charge in [0.05, 0.1) is 11.9 Å². The summed E-state index contributed by atoms with van der Waals surface area (Å²) in [6.07, 6.45) is 11.1. The van der Waals surface area contributed by atoms with Gasteiger partial charge in [-0.05, 0) is 44.4 Å². The van der Waals surface area contributed by atoms with Crippen molar-refractivity contribution in [1.82, 2.24) is 19.7 Å². The second-order valence-corrected chi connectivity index (χ2v) is 6.57. The van der Waals surface area contributed by atoms with Crippen LogP contribution in [0.25, 0.3) is 28.2 Å². The molecule has 0 atom stereocenters. The van der Waals surface area contributed by atoms with Crippen LogP contribution in [0.4, 0.5) is 0 Å². The van der Waals surface area contributed by atoms with Crippen LogP contribution in [0.15, 0.2) is 30.7 Å². The molecule has 0 fully saturated rings. The van der Waals surface area contributed by atoms with Crippen molar-refractivity contribution in [2.75, 3.05) is 0 Å². The molecule has 0 aliphatic rings. The van der Waals surface area contributed by atoms with Crippen LogP contribution < -0.4 is 0 Å². The third-order valence-corrected chi connectivity index (χ3v) is 4.52. The van der Waals surface area contributed by atoms with Crippen LogP contribution in [-0.4, -0.2) is 30.8 Å². The Labute approximate surface area is 158 Å². The quantitative estimate of drug-likeness (QED) is 0.634. The van der Waals surface area contributed by atoms with Crippen LogP contribution >= 0.6 is 0 Å². The van der Waals surface area contributed by atoms with Crippen LogP contribution in [-0.2, 0) is 17.8 Å². The van der Waals surface area contributed by atoms with Crippen molar-refractivity contribution in [3.05, 3.63) is 47.6 Å². The lowest BCUT2D eigenvalue weighted by molar-refractivity contribution is -0.131. The minimum atomic E-state index is -0.978. The zero-order valence-electron chi connectivity index (χ0n) is 15.9. The molecule has 0 bridgehead atoms. The number of nitrogens with zero attached hydrogens (tertiary/aromatic N) is 4. The van der Waals surface area contributed by atoms with Gasteiger partial charge in [0.2, 0.25) is 0 Å². The van der Waals surface area contributed by atoms with Gasteiger partial charge >= 0.3 is 5.97 Å². The van der Waals surface area contributed by atoms with Crippen molar-refractivity contribution in [2.24, 2.45) is 0 Å². The van der Waals surface area contributed by atoms with Gasteiger partial charge in [-0.15, -0.1) is 0 Å². The van der Waals surface area contributed by atoms with Crippen molar-refractivity contribution >= 4 is 23.1 Å². The Morgan fingerprint density at radius 2 is 2.07 bits per heavy atom. The van der Waals surface area contributed by atoms with E-state index in [4.69, 9.17) is 10.1 Å². The molecule has 6 nitrogen and oxygen atoms in total. The number of aryl methyl sites for hydroxylation is 3. The predicted molar refractivity (Wildman–Crippen MR) is 106 cm³/mol. The summed E-state index contributed by atoms with van der Waals surface area (Å²) >= 11 is 0. The van der Waals surface area contributed by atoms with Gasteiger partial charge in [-0.1, -0.05) is 13.3 Å². The van der Waals surface area contributed by atoms with Gasteiger partial charge in [0.15, 0.2) is 5.65 Å². The van der Waals surface area contributed by atoms with Crippen molar-refractivity contribution in [2.45, 2.75) is 46.6 Å². The van der Waals surface area contributed by atoms with Gasteiger partial charge in [-0.3, -0.25) is 4.98 Å². The Kier molecular flexibility index (Phi) is 5.64.